The van der Waals surface area contributed by atoms with Gasteiger partial charge < -0.3 is 10.2 Å². The maximum atomic E-state index is 12.6. The number of carbonyl (C=O) groups excluding carboxylic acids is 2. The van der Waals surface area contributed by atoms with E-state index in [2.05, 4.69) is 26.2 Å². The van der Waals surface area contributed by atoms with Crippen LogP contribution >= 0.6 is 15.9 Å². The molecule has 5 nitrogen and oxygen atoms in total. The first-order valence-corrected chi connectivity index (χ1v) is 7.72. The lowest BCUT2D eigenvalue weighted by atomic mass is 9.61. The average molecular weight is 374 g/mol. The highest BCUT2D eigenvalue weighted by Gasteiger charge is 2.58. The second-order valence-electron chi connectivity index (χ2n) is 5.78. The second-order valence-corrected chi connectivity index (χ2v) is 6.70. The summed E-state index contributed by atoms with van der Waals surface area (Å²) in [6.07, 6.45) is 1.88. The van der Waals surface area contributed by atoms with Crippen molar-refractivity contribution in [3.8, 4) is 0 Å². The molecular weight excluding hydrogens is 360 g/mol. The van der Waals surface area contributed by atoms with Crippen LogP contribution in [-0.4, -0.2) is 40.2 Å². The molecule has 22 heavy (non-hydrogen) atoms. The summed E-state index contributed by atoms with van der Waals surface area (Å²) < 4.78 is 25.9. The lowest BCUT2D eigenvalue weighted by Gasteiger charge is -2.61. The number of halogens is 3. The third-order valence-corrected chi connectivity index (χ3v) is 4.85. The third-order valence-electron chi connectivity index (χ3n) is 4.42. The van der Waals surface area contributed by atoms with Crippen molar-refractivity contribution in [2.24, 2.45) is 5.92 Å². The molecule has 1 saturated carbocycles. The van der Waals surface area contributed by atoms with Gasteiger partial charge in [0.15, 0.2) is 0 Å². The molecule has 2 amide bonds. The minimum atomic E-state index is -2.36. The first-order valence-electron chi connectivity index (χ1n) is 6.93. The smallest absolute Gasteiger partial charge is 0.313 e. The van der Waals surface area contributed by atoms with Crippen LogP contribution in [0.1, 0.15) is 19.3 Å². The van der Waals surface area contributed by atoms with E-state index < -0.39 is 29.7 Å². The maximum absolute atomic E-state index is 12.6. The number of hydrogen-bond acceptors (Lipinski definition) is 3. The van der Waals surface area contributed by atoms with Crippen LogP contribution in [0.5, 0.6) is 0 Å². The van der Waals surface area contributed by atoms with E-state index in [1.54, 1.807) is 12.3 Å². The maximum Gasteiger partial charge on any atom is 0.313 e. The Labute approximate surface area is 134 Å². The standard InChI is InChI=1S/C14H14BrF2N3O2/c15-9-3-10(7-18-6-9)19-12(21)13(22)20-2-1-14(20)4-8(5-14)11(16)17/h3,6-8,11H,1-2,4-5H2,(H,19,21). The van der Waals surface area contributed by atoms with Crippen LogP contribution in [-0.2, 0) is 9.59 Å². The minimum Gasteiger partial charge on any atom is -0.329 e. The van der Waals surface area contributed by atoms with Gasteiger partial charge >= 0.3 is 11.8 Å². The fourth-order valence-electron chi connectivity index (χ4n) is 3.16. The fourth-order valence-corrected chi connectivity index (χ4v) is 3.53. The van der Waals surface area contributed by atoms with Crippen LogP contribution < -0.4 is 5.32 Å². The summed E-state index contributed by atoms with van der Waals surface area (Å²) in [4.78, 5) is 29.5. The molecule has 1 spiro atoms. The molecule has 0 unspecified atom stereocenters. The quantitative estimate of drug-likeness (QED) is 0.809. The second kappa shape index (κ2) is 5.57. The lowest BCUT2D eigenvalue weighted by molar-refractivity contribution is -0.174. The summed E-state index contributed by atoms with van der Waals surface area (Å²) in [5.74, 6) is -2.09. The molecule has 1 N–H and O–H groups in total. The van der Waals surface area contributed by atoms with Crippen molar-refractivity contribution in [2.45, 2.75) is 31.2 Å². The summed E-state index contributed by atoms with van der Waals surface area (Å²) in [5, 5.41) is 2.48. The number of hydrogen-bond donors (Lipinski definition) is 1. The summed E-state index contributed by atoms with van der Waals surface area (Å²) >= 11 is 3.22. The third kappa shape index (κ3) is 2.60. The van der Waals surface area contributed by atoms with Gasteiger partial charge in [-0.2, -0.15) is 0 Å². The van der Waals surface area contributed by atoms with Gasteiger partial charge in [-0.3, -0.25) is 14.6 Å². The monoisotopic (exact) mass is 373 g/mol. The van der Waals surface area contributed by atoms with Crippen molar-refractivity contribution in [1.82, 2.24) is 9.88 Å². The van der Waals surface area contributed by atoms with E-state index in [4.69, 9.17) is 0 Å². The number of nitrogens with one attached hydrogen (secondary N) is 1. The highest BCUT2D eigenvalue weighted by Crippen LogP contribution is 2.52. The first kappa shape index (κ1) is 15.3. The number of pyridine rings is 1. The van der Waals surface area contributed by atoms with Crippen LogP contribution in [0.2, 0.25) is 0 Å². The van der Waals surface area contributed by atoms with Crippen molar-refractivity contribution in [2.75, 3.05) is 11.9 Å². The number of rotatable bonds is 2. The Kier molecular flexibility index (Phi) is 3.88. The zero-order chi connectivity index (χ0) is 15.9. The first-order chi connectivity index (χ1) is 10.4. The van der Waals surface area contributed by atoms with E-state index in [-0.39, 0.29) is 12.8 Å². The van der Waals surface area contributed by atoms with Crippen molar-refractivity contribution >= 4 is 33.4 Å². The van der Waals surface area contributed by atoms with Crippen molar-refractivity contribution < 1.29 is 18.4 Å². The molecule has 0 bridgehead atoms. The minimum absolute atomic E-state index is 0.280. The van der Waals surface area contributed by atoms with Crippen molar-refractivity contribution in [1.29, 1.82) is 0 Å². The number of carbonyl (C=O) groups is 2. The molecule has 1 aromatic heterocycles. The molecule has 2 fully saturated rings. The van der Waals surface area contributed by atoms with E-state index >= 15 is 0 Å². The molecule has 3 rings (SSSR count). The molecule has 8 heteroatoms. The van der Waals surface area contributed by atoms with E-state index in [9.17, 15) is 18.4 Å². The topological polar surface area (TPSA) is 62.3 Å². The Hall–Kier alpha value is -1.57. The van der Waals surface area contributed by atoms with Gasteiger partial charge in [-0.25, -0.2) is 8.78 Å². The number of likely N-dealkylation sites (tertiary alicyclic amines) is 1. The Balaban J connectivity index is 1.61. The van der Waals surface area contributed by atoms with Crippen LogP contribution in [0.3, 0.4) is 0 Å². The van der Waals surface area contributed by atoms with Gasteiger partial charge in [0.05, 0.1) is 11.9 Å². The molecule has 118 valence electrons. The van der Waals surface area contributed by atoms with Gasteiger partial charge in [0.2, 0.25) is 6.43 Å². The molecule has 1 saturated heterocycles. The van der Waals surface area contributed by atoms with Crippen LogP contribution in [0.25, 0.3) is 0 Å². The van der Waals surface area contributed by atoms with E-state index in [1.807, 2.05) is 0 Å². The Morgan fingerprint density at radius 1 is 1.41 bits per heavy atom. The van der Waals surface area contributed by atoms with Crippen molar-refractivity contribution in [3.05, 3.63) is 22.9 Å². The lowest BCUT2D eigenvalue weighted by Crippen LogP contribution is -2.70. The summed E-state index contributed by atoms with van der Waals surface area (Å²) in [7, 11) is 0. The number of aromatic nitrogens is 1. The van der Waals surface area contributed by atoms with E-state index in [0.717, 1.165) is 0 Å². The largest absolute Gasteiger partial charge is 0.329 e. The Morgan fingerprint density at radius 2 is 2.14 bits per heavy atom. The number of nitrogens with zero attached hydrogens (tertiary/aromatic N) is 2. The van der Waals surface area contributed by atoms with Gasteiger partial charge in [-0.05, 0) is 41.3 Å². The van der Waals surface area contributed by atoms with Gasteiger partial charge in [0, 0.05) is 28.7 Å². The van der Waals surface area contributed by atoms with Gasteiger partial charge in [0.1, 0.15) is 0 Å². The average Bonchev–Trinajstić information content (AvgIpc) is 2.35. The van der Waals surface area contributed by atoms with E-state index in [0.29, 0.717) is 23.1 Å². The molecule has 1 aromatic rings. The van der Waals surface area contributed by atoms with Gasteiger partial charge in [-0.15, -0.1) is 0 Å². The van der Waals surface area contributed by atoms with Gasteiger partial charge in [0.25, 0.3) is 0 Å². The number of anilines is 1. The number of amides is 2. The molecule has 0 atom stereocenters. The van der Waals surface area contributed by atoms with Crippen LogP contribution in [0, 0.1) is 5.92 Å². The molecule has 2 aliphatic rings. The van der Waals surface area contributed by atoms with Crippen molar-refractivity contribution in [3.63, 3.8) is 0 Å². The zero-order valence-electron chi connectivity index (χ0n) is 11.6. The highest BCUT2D eigenvalue weighted by molar-refractivity contribution is 9.10. The summed E-state index contributed by atoms with van der Waals surface area (Å²) in [6, 6.07) is 1.63. The summed E-state index contributed by atoms with van der Waals surface area (Å²) in [5.41, 5.74) is -0.119. The molecular formula is C14H14BrF2N3O2. The predicted octanol–water partition coefficient (Wildman–Crippen LogP) is 2.43. The molecule has 0 aromatic carbocycles. The Bertz CT molecular complexity index is 620. The molecule has 2 heterocycles. The molecule has 1 aliphatic heterocycles. The molecule has 1 aliphatic carbocycles. The number of alkyl halides is 2. The van der Waals surface area contributed by atoms with E-state index in [1.165, 1.54) is 11.1 Å². The summed E-state index contributed by atoms with van der Waals surface area (Å²) in [6.45, 7) is 0.443. The highest BCUT2D eigenvalue weighted by atomic mass is 79.9. The normalized spacial score (nSPS) is 26.5. The zero-order valence-corrected chi connectivity index (χ0v) is 13.1. The SMILES string of the molecule is O=C(Nc1cncc(Br)c1)C(=O)N1CCC12CC(C(F)F)C2. The van der Waals surface area contributed by atoms with Crippen LogP contribution in [0.4, 0.5) is 14.5 Å². The predicted molar refractivity (Wildman–Crippen MR) is 78.4 cm³/mol. The Morgan fingerprint density at radius 3 is 2.68 bits per heavy atom. The fraction of sp³-hybridized carbons (Fsp3) is 0.500. The molecule has 0 radical (unpaired) electrons. The van der Waals surface area contributed by atoms with Crippen LogP contribution in [0.15, 0.2) is 22.9 Å². The van der Waals surface area contributed by atoms with Gasteiger partial charge in [-0.1, -0.05) is 0 Å².